The van der Waals surface area contributed by atoms with Gasteiger partial charge in [-0.05, 0) is 24.3 Å². The highest BCUT2D eigenvalue weighted by molar-refractivity contribution is 6.43. The monoisotopic (exact) mass is 378 g/mol. The molecule has 2 rings (SSSR count). The lowest BCUT2D eigenvalue weighted by molar-refractivity contribution is -0.134. The van der Waals surface area contributed by atoms with Gasteiger partial charge in [0.15, 0.2) is 0 Å². The molecule has 2 aromatic carbocycles. The van der Waals surface area contributed by atoms with Crippen LogP contribution in [0.4, 0.5) is 11.4 Å². The van der Waals surface area contributed by atoms with Crippen molar-refractivity contribution in [2.75, 3.05) is 19.0 Å². The smallest absolute Gasteiger partial charge is 0.330 e. The zero-order chi connectivity index (χ0) is 18.2. The van der Waals surface area contributed by atoms with Crippen LogP contribution in [0.25, 0.3) is 0 Å². The van der Waals surface area contributed by atoms with Gasteiger partial charge in [-0.2, -0.15) is 0 Å². The largest absolute Gasteiger partial charge is 0.466 e. The fourth-order valence-corrected chi connectivity index (χ4v) is 2.35. The number of rotatable bonds is 6. The van der Waals surface area contributed by atoms with Gasteiger partial charge in [-0.25, -0.2) is 4.79 Å². The van der Waals surface area contributed by atoms with Crippen LogP contribution in [0, 0.1) is 0 Å². The van der Waals surface area contributed by atoms with Gasteiger partial charge in [0.1, 0.15) is 0 Å². The Kier molecular flexibility index (Phi) is 6.86. The molecule has 2 N–H and O–H groups in total. The van der Waals surface area contributed by atoms with Gasteiger partial charge in [0.2, 0.25) is 0 Å². The number of methoxy groups -OCH3 is 1. The quantitative estimate of drug-likeness (QED) is 0.583. The summed E-state index contributed by atoms with van der Waals surface area (Å²) in [6.45, 7) is 0.195. The zero-order valence-corrected chi connectivity index (χ0v) is 14.9. The number of para-hydroxylation sites is 1. The molecule has 2 aromatic rings. The van der Waals surface area contributed by atoms with Gasteiger partial charge < -0.3 is 15.4 Å². The summed E-state index contributed by atoms with van der Waals surface area (Å²) < 4.78 is 4.48. The summed E-state index contributed by atoms with van der Waals surface area (Å²) in [4.78, 5) is 23.3. The van der Waals surface area contributed by atoms with Crippen molar-refractivity contribution in [2.24, 2.45) is 0 Å². The molecule has 0 saturated carbocycles. The number of benzene rings is 2. The third kappa shape index (κ3) is 5.24. The molecular formula is C18H16Cl2N2O3. The van der Waals surface area contributed by atoms with Crippen LogP contribution in [-0.2, 0) is 9.53 Å². The lowest BCUT2D eigenvalue weighted by Crippen LogP contribution is -2.24. The summed E-state index contributed by atoms with van der Waals surface area (Å²) in [5.74, 6) is -0.775. The van der Waals surface area contributed by atoms with Crippen LogP contribution >= 0.6 is 23.2 Å². The van der Waals surface area contributed by atoms with E-state index in [0.29, 0.717) is 27.0 Å². The summed E-state index contributed by atoms with van der Waals surface area (Å²) in [5, 5.41) is 6.60. The summed E-state index contributed by atoms with van der Waals surface area (Å²) >= 11 is 12.2. The maximum Gasteiger partial charge on any atom is 0.330 e. The second-order valence-corrected chi connectivity index (χ2v) is 5.69. The van der Waals surface area contributed by atoms with Crippen molar-refractivity contribution in [1.82, 2.24) is 5.32 Å². The molecule has 0 fully saturated rings. The highest BCUT2D eigenvalue weighted by atomic mass is 35.5. The summed E-state index contributed by atoms with van der Waals surface area (Å²) in [7, 11) is 1.29. The molecule has 0 aromatic heterocycles. The van der Waals surface area contributed by atoms with E-state index >= 15 is 0 Å². The number of ether oxygens (including phenoxy) is 1. The van der Waals surface area contributed by atoms with E-state index in [1.807, 2.05) is 0 Å². The molecule has 0 atom stereocenters. The Balaban J connectivity index is 2.12. The molecule has 0 aliphatic rings. The summed E-state index contributed by atoms with van der Waals surface area (Å²) in [6.07, 6.45) is 2.75. The van der Waals surface area contributed by atoms with Crippen molar-refractivity contribution in [3.05, 3.63) is 70.2 Å². The lowest BCUT2D eigenvalue weighted by atomic mass is 10.1. The Morgan fingerprint density at radius 2 is 1.80 bits per heavy atom. The fourth-order valence-electron chi connectivity index (χ4n) is 2.01. The first-order valence-corrected chi connectivity index (χ1v) is 8.11. The van der Waals surface area contributed by atoms with Gasteiger partial charge >= 0.3 is 5.97 Å². The van der Waals surface area contributed by atoms with E-state index in [1.165, 1.54) is 19.3 Å². The van der Waals surface area contributed by atoms with Crippen molar-refractivity contribution in [3.8, 4) is 0 Å². The first-order valence-electron chi connectivity index (χ1n) is 7.35. The molecule has 0 aliphatic heterocycles. The van der Waals surface area contributed by atoms with Gasteiger partial charge in [0.25, 0.3) is 5.91 Å². The van der Waals surface area contributed by atoms with Gasteiger partial charge in [0, 0.05) is 12.6 Å². The maximum atomic E-state index is 12.4. The van der Waals surface area contributed by atoms with Gasteiger partial charge in [-0.15, -0.1) is 0 Å². The molecule has 0 heterocycles. The van der Waals surface area contributed by atoms with E-state index in [9.17, 15) is 9.59 Å². The maximum absolute atomic E-state index is 12.4. The van der Waals surface area contributed by atoms with Crippen LogP contribution in [0.1, 0.15) is 10.4 Å². The third-order valence-electron chi connectivity index (χ3n) is 3.23. The molecule has 25 heavy (non-hydrogen) atoms. The second-order valence-electron chi connectivity index (χ2n) is 4.91. The number of halogens is 2. The average molecular weight is 379 g/mol. The molecule has 5 nitrogen and oxygen atoms in total. The minimum absolute atomic E-state index is 0.195. The van der Waals surface area contributed by atoms with E-state index < -0.39 is 5.97 Å². The number of carbonyl (C=O) groups excluding carboxylic acids is 2. The Hall–Kier alpha value is -2.50. The SMILES string of the molecule is COC(=O)/C=C/CNC(=O)c1ccccc1Nc1cccc(Cl)c1Cl. The Bertz CT molecular complexity index is 807. The van der Waals surface area contributed by atoms with Crippen LogP contribution in [0.15, 0.2) is 54.6 Å². The van der Waals surface area contributed by atoms with Crippen LogP contribution in [0.3, 0.4) is 0 Å². The van der Waals surface area contributed by atoms with Crippen LogP contribution in [0.2, 0.25) is 10.0 Å². The Morgan fingerprint density at radius 3 is 2.56 bits per heavy atom. The number of carbonyl (C=O) groups is 2. The van der Waals surface area contributed by atoms with Crippen LogP contribution in [0.5, 0.6) is 0 Å². The van der Waals surface area contributed by atoms with E-state index in [0.717, 1.165) is 0 Å². The molecule has 0 spiro atoms. The predicted octanol–water partition coefficient (Wildman–Crippen LogP) is 4.20. The normalized spacial score (nSPS) is 10.5. The molecule has 0 radical (unpaired) electrons. The standard InChI is InChI=1S/C18H16Cl2N2O3/c1-25-16(23)10-5-11-21-18(24)12-6-2-3-8-14(12)22-15-9-4-7-13(19)17(15)20/h2-10,22H,11H2,1H3,(H,21,24)/b10-5+. The highest BCUT2D eigenvalue weighted by Crippen LogP contribution is 2.32. The van der Waals surface area contributed by atoms with Crippen LogP contribution < -0.4 is 10.6 Å². The Morgan fingerprint density at radius 1 is 1.08 bits per heavy atom. The molecule has 1 amide bonds. The predicted molar refractivity (Wildman–Crippen MR) is 99.7 cm³/mol. The van der Waals surface area contributed by atoms with E-state index in [4.69, 9.17) is 23.2 Å². The second kappa shape index (κ2) is 9.11. The molecule has 0 bridgehead atoms. The molecule has 0 saturated heterocycles. The van der Waals surface area contributed by atoms with Gasteiger partial charge in [-0.3, -0.25) is 4.79 Å². The fraction of sp³-hybridized carbons (Fsp3) is 0.111. The average Bonchev–Trinajstić information content (AvgIpc) is 2.62. The van der Waals surface area contributed by atoms with E-state index in [2.05, 4.69) is 15.4 Å². The molecule has 7 heteroatoms. The minimum atomic E-state index is -0.480. The summed E-state index contributed by atoms with van der Waals surface area (Å²) in [6, 6.07) is 12.2. The number of nitrogens with one attached hydrogen (secondary N) is 2. The number of esters is 1. The number of anilines is 2. The number of hydrogen-bond donors (Lipinski definition) is 2. The van der Waals surface area contributed by atoms with E-state index in [1.54, 1.807) is 42.5 Å². The zero-order valence-electron chi connectivity index (χ0n) is 13.4. The first kappa shape index (κ1) is 18.8. The summed E-state index contributed by atoms with van der Waals surface area (Å²) in [5.41, 5.74) is 1.62. The van der Waals surface area contributed by atoms with Crippen LogP contribution in [-0.4, -0.2) is 25.5 Å². The number of amides is 1. The van der Waals surface area contributed by atoms with Crippen molar-refractivity contribution < 1.29 is 14.3 Å². The van der Waals surface area contributed by atoms with Crippen molar-refractivity contribution >= 4 is 46.5 Å². The Labute approximate surface area is 155 Å². The van der Waals surface area contributed by atoms with E-state index in [-0.39, 0.29) is 12.5 Å². The third-order valence-corrected chi connectivity index (χ3v) is 4.05. The topological polar surface area (TPSA) is 67.4 Å². The van der Waals surface area contributed by atoms with Gasteiger partial charge in [-0.1, -0.05) is 47.5 Å². The van der Waals surface area contributed by atoms with Crippen molar-refractivity contribution in [1.29, 1.82) is 0 Å². The highest BCUT2D eigenvalue weighted by Gasteiger charge is 2.12. The number of hydrogen-bond acceptors (Lipinski definition) is 4. The van der Waals surface area contributed by atoms with Gasteiger partial charge in [0.05, 0.1) is 34.1 Å². The first-order chi connectivity index (χ1) is 12.0. The molecular weight excluding hydrogens is 363 g/mol. The molecule has 0 unspecified atom stereocenters. The molecule has 0 aliphatic carbocycles. The molecule has 130 valence electrons. The van der Waals surface area contributed by atoms with Crippen molar-refractivity contribution in [3.63, 3.8) is 0 Å². The van der Waals surface area contributed by atoms with Crippen molar-refractivity contribution in [2.45, 2.75) is 0 Å². The minimum Gasteiger partial charge on any atom is -0.466 e. The lowest BCUT2D eigenvalue weighted by Gasteiger charge is -2.13.